The van der Waals surface area contributed by atoms with Crippen molar-refractivity contribution in [3.05, 3.63) is 75.7 Å². The summed E-state index contributed by atoms with van der Waals surface area (Å²) >= 11 is 0. The van der Waals surface area contributed by atoms with Gasteiger partial charge < -0.3 is 0 Å². The molecule has 0 N–H and O–H groups in total. The lowest BCUT2D eigenvalue weighted by atomic mass is 10.00. The molecule has 1 unspecified atom stereocenters. The van der Waals surface area contributed by atoms with Crippen LogP contribution in [-0.4, -0.2) is 16.1 Å². The molecule has 2 rings (SSSR count). The van der Waals surface area contributed by atoms with Crippen molar-refractivity contribution in [1.29, 1.82) is 0 Å². The van der Waals surface area contributed by atoms with E-state index in [1.165, 1.54) is 21.9 Å². The lowest BCUT2D eigenvalue weighted by molar-refractivity contribution is 1.06. The molecule has 0 saturated carbocycles. The van der Waals surface area contributed by atoms with Gasteiger partial charge >= 0.3 is 0 Å². The maximum absolute atomic E-state index is 3.58. The summed E-state index contributed by atoms with van der Waals surface area (Å²) in [5, 5.41) is 3.08. The van der Waals surface area contributed by atoms with E-state index in [0.717, 1.165) is 0 Å². The molecule has 133 valence electrons. The molecular weight excluding hydrogens is 332 g/mol. The van der Waals surface area contributed by atoms with Crippen LogP contribution in [0.2, 0.25) is 39.3 Å². The smallest absolute Gasteiger partial charge is 0.0772 e. The number of allylic oxidation sites excluding steroid dienone is 7. The zero-order valence-corrected chi connectivity index (χ0v) is 19.2. The van der Waals surface area contributed by atoms with Crippen LogP contribution in [0.3, 0.4) is 0 Å². The van der Waals surface area contributed by atoms with Crippen LogP contribution >= 0.6 is 0 Å². The molecule has 1 aromatic rings. The SMILES string of the molecule is CC(C)=C(C=[C]C=C(C1C=Cc2ccccc21)[Si](C)(C)C)[Si](C)(C)C. The standard InChI is InChI=1S/C23H33Si2/c1-18(2)22(24(3,4)5)14-11-15-23(25(6,7)8)21-17-16-19-12-9-10-13-20(19)21/h9-10,12-17,21H,1-8H3. The van der Waals surface area contributed by atoms with E-state index in [2.05, 4.69) is 108 Å². The van der Waals surface area contributed by atoms with E-state index in [-0.39, 0.29) is 0 Å². The highest BCUT2D eigenvalue weighted by Gasteiger charge is 2.29. The van der Waals surface area contributed by atoms with E-state index in [9.17, 15) is 0 Å². The van der Waals surface area contributed by atoms with Gasteiger partial charge in [-0.05, 0) is 31.1 Å². The van der Waals surface area contributed by atoms with Crippen LogP contribution < -0.4 is 0 Å². The Morgan fingerprint density at radius 3 is 2.16 bits per heavy atom. The molecule has 0 amide bonds. The average Bonchev–Trinajstić information content (AvgIpc) is 2.88. The van der Waals surface area contributed by atoms with Crippen molar-refractivity contribution in [2.24, 2.45) is 0 Å². The Morgan fingerprint density at radius 2 is 1.60 bits per heavy atom. The van der Waals surface area contributed by atoms with E-state index in [1.807, 2.05) is 0 Å². The van der Waals surface area contributed by atoms with Crippen LogP contribution in [0.25, 0.3) is 6.08 Å². The molecule has 0 saturated heterocycles. The summed E-state index contributed by atoms with van der Waals surface area (Å²) in [6, 6.07) is 8.79. The Morgan fingerprint density at radius 1 is 0.960 bits per heavy atom. The number of rotatable bonds is 5. The number of hydrogen-bond acceptors (Lipinski definition) is 0. The quantitative estimate of drug-likeness (QED) is 0.383. The minimum atomic E-state index is -1.44. The van der Waals surface area contributed by atoms with Crippen molar-refractivity contribution in [3.63, 3.8) is 0 Å². The van der Waals surface area contributed by atoms with Gasteiger partial charge in [0.1, 0.15) is 0 Å². The van der Waals surface area contributed by atoms with Gasteiger partial charge in [0.05, 0.1) is 16.1 Å². The third kappa shape index (κ3) is 4.83. The Bertz CT molecular complexity index is 743. The zero-order valence-electron chi connectivity index (χ0n) is 17.2. The van der Waals surface area contributed by atoms with Crippen LogP contribution in [0.4, 0.5) is 0 Å². The van der Waals surface area contributed by atoms with E-state index >= 15 is 0 Å². The van der Waals surface area contributed by atoms with Crippen molar-refractivity contribution < 1.29 is 0 Å². The van der Waals surface area contributed by atoms with E-state index < -0.39 is 16.1 Å². The van der Waals surface area contributed by atoms with Gasteiger partial charge in [-0.15, -0.1) is 0 Å². The van der Waals surface area contributed by atoms with Gasteiger partial charge in [0.15, 0.2) is 0 Å². The summed E-state index contributed by atoms with van der Waals surface area (Å²) in [5.41, 5.74) is 4.25. The fourth-order valence-electron chi connectivity index (χ4n) is 3.62. The minimum absolute atomic E-state index is 0.422. The van der Waals surface area contributed by atoms with Gasteiger partial charge in [-0.1, -0.05) is 104 Å². The van der Waals surface area contributed by atoms with Crippen molar-refractivity contribution in [2.45, 2.75) is 59.0 Å². The van der Waals surface area contributed by atoms with Crippen molar-refractivity contribution >= 4 is 22.2 Å². The fraction of sp³-hybridized carbons (Fsp3) is 0.391. The molecule has 0 spiro atoms. The van der Waals surface area contributed by atoms with E-state index in [4.69, 9.17) is 0 Å². The highest BCUT2D eigenvalue weighted by Crippen LogP contribution is 2.39. The third-order valence-electron chi connectivity index (χ3n) is 4.81. The molecule has 2 heteroatoms. The first-order valence-electron chi connectivity index (χ1n) is 9.26. The summed E-state index contributed by atoms with van der Waals surface area (Å²) in [5.74, 6) is 0.422. The Labute approximate surface area is 157 Å². The van der Waals surface area contributed by atoms with E-state index in [0.29, 0.717) is 5.92 Å². The summed E-state index contributed by atoms with van der Waals surface area (Å²) in [7, 11) is -2.77. The zero-order chi connectivity index (χ0) is 18.8. The summed E-state index contributed by atoms with van der Waals surface area (Å²) in [4.78, 5) is 0. The molecule has 0 fully saturated rings. The van der Waals surface area contributed by atoms with Gasteiger partial charge in [-0.25, -0.2) is 0 Å². The summed E-state index contributed by atoms with van der Waals surface area (Å²) in [6.07, 6.45) is 12.8. The molecule has 0 nitrogen and oxygen atoms in total. The maximum Gasteiger partial charge on any atom is 0.0775 e. The van der Waals surface area contributed by atoms with Crippen LogP contribution in [0, 0.1) is 6.08 Å². The molecule has 0 bridgehead atoms. The largest absolute Gasteiger partial charge is 0.0775 e. The van der Waals surface area contributed by atoms with Crippen molar-refractivity contribution in [2.75, 3.05) is 0 Å². The average molecular weight is 366 g/mol. The lowest BCUT2D eigenvalue weighted by Gasteiger charge is -2.26. The molecule has 1 aromatic carbocycles. The molecule has 0 heterocycles. The first-order chi connectivity index (χ1) is 11.5. The van der Waals surface area contributed by atoms with Gasteiger partial charge in [0.25, 0.3) is 0 Å². The van der Waals surface area contributed by atoms with Gasteiger partial charge in [0, 0.05) is 5.92 Å². The normalized spacial score (nSPS) is 17.9. The van der Waals surface area contributed by atoms with Gasteiger partial charge in [-0.2, -0.15) is 0 Å². The predicted molar refractivity (Wildman–Crippen MR) is 119 cm³/mol. The van der Waals surface area contributed by atoms with Crippen molar-refractivity contribution in [1.82, 2.24) is 0 Å². The number of benzene rings is 1. The topological polar surface area (TPSA) is 0 Å². The molecule has 0 aliphatic heterocycles. The molecule has 25 heavy (non-hydrogen) atoms. The van der Waals surface area contributed by atoms with Crippen molar-refractivity contribution in [3.8, 4) is 0 Å². The second-order valence-corrected chi connectivity index (χ2v) is 19.4. The minimum Gasteiger partial charge on any atom is -0.0772 e. The van der Waals surface area contributed by atoms with Crippen LogP contribution in [-0.2, 0) is 0 Å². The molecule has 1 aliphatic carbocycles. The fourth-order valence-corrected chi connectivity index (χ4v) is 7.34. The van der Waals surface area contributed by atoms with Gasteiger partial charge in [-0.3, -0.25) is 0 Å². The molecule has 0 aromatic heterocycles. The highest BCUT2D eigenvalue weighted by molar-refractivity contribution is 6.84. The van der Waals surface area contributed by atoms with E-state index in [1.54, 1.807) is 5.20 Å². The molecular formula is C23H33Si2. The lowest BCUT2D eigenvalue weighted by Crippen LogP contribution is -2.27. The molecule has 1 atom stereocenters. The molecule has 1 radical (unpaired) electrons. The monoisotopic (exact) mass is 365 g/mol. The first-order valence-corrected chi connectivity index (χ1v) is 16.3. The van der Waals surface area contributed by atoms with Crippen LogP contribution in [0.1, 0.15) is 30.9 Å². The predicted octanol–water partition coefficient (Wildman–Crippen LogP) is 7.17. The second-order valence-electron chi connectivity index (χ2n) is 9.29. The third-order valence-corrected chi connectivity index (χ3v) is 9.26. The second kappa shape index (κ2) is 7.47. The van der Waals surface area contributed by atoms with Gasteiger partial charge in [0.2, 0.25) is 0 Å². The Kier molecular flexibility index (Phi) is 5.95. The van der Waals surface area contributed by atoms with Crippen LogP contribution in [0.15, 0.2) is 58.5 Å². The highest BCUT2D eigenvalue weighted by atomic mass is 28.3. The summed E-state index contributed by atoms with van der Waals surface area (Å²) < 4.78 is 0. The molecule has 1 aliphatic rings. The Balaban J connectivity index is 2.41. The number of fused-ring (bicyclic) bond motifs is 1. The summed E-state index contributed by atoms with van der Waals surface area (Å²) in [6.45, 7) is 19.0. The van der Waals surface area contributed by atoms with Crippen LogP contribution in [0.5, 0.6) is 0 Å². The Hall–Kier alpha value is -1.39. The maximum atomic E-state index is 3.58. The first kappa shape index (κ1) is 19.9. The number of hydrogen-bond donors (Lipinski definition) is 0.